The van der Waals surface area contributed by atoms with Crippen LogP contribution in [-0.4, -0.2) is 42.5 Å². The third-order valence-electron chi connectivity index (χ3n) is 5.66. The number of amides is 1. The van der Waals surface area contributed by atoms with Crippen LogP contribution in [-0.2, 0) is 17.8 Å². The van der Waals surface area contributed by atoms with Crippen molar-refractivity contribution in [2.75, 3.05) is 6.54 Å². The van der Waals surface area contributed by atoms with Crippen LogP contribution in [0.4, 0.5) is 0 Å². The molecule has 0 radical (unpaired) electrons. The van der Waals surface area contributed by atoms with Gasteiger partial charge in [0.15, 0.2) is 0 Å². The van der Waals surface area contributed by atoms with Crippen molar-refractivity contribution in [3.63, 3.8) is 0 Å². The van der Waals surface area contributed by atoms with Crippen molar-refractivity contribution in [1.29, 1.82) is 0 Å². The summed E-state index contributed by atoms with van der Waals surface area (Å²) in [5, 5.41) is 12.4. The fourth-order valence-corrected chi connectivity index (χ4v) is 4.33. The van der Waals surface area contributed by atoms with Gasteiger partial charge in [-0.15, -0.1) is 5.10 Å². The second-order valence-corrected chi connectivity index (χ2v) is 7.54. The smallest absolute Gasteiger partial charge is 0.225 e. The van der Waals surface area contributed by atoms with Crippen LogP contribution in [0, 0.1) is 6.92 Å². The van der Waals surface area contributed by atoms with Gasteiger partial charge in [0, 0.05) is 29.6 Å². The zero-order valence-electron chi connectivity index (χ0n) is 16.2. The first-order chi connectivity index (χ1) is 14.2. The van der Waals surface area contributed by atoms with Gasteiger partial charge in [-0.3, -0.25) is 4.79 Å². The number of H-pyrrole nitrogens is 1. The van der Waals surface area contributed by atoms with Gasteiger partial charge in [0.1, 0.15) is 6.33 Å². The van der Waals surface area contributed by atoms with Crippen LogP contribution in [0.3, 0.4) is 0 Å². The minimum Gasteiger partial charge on any atom is -0.356 e. The Bertz CT molecular complexity index is 1160. The molecule has 7 heteroatoms. The Hall–Kier alpha value is -3.48. The highest BCUT2D eigenvalue weighted by Crippen LogP contribution is 2.38. The summed E-state index contributed by atoms with van der Waals surface area (Å²) in [5.41, 5.74) is 5.88. The number of nitrogens with zero attached hydrogens (tertiary/aromatic N) is 5. The molecule has 1 aliphatic heterocycles. The van der Waals surface area contributed by atoms with Crippen molar-refractivity contribution in [3.05, 3.63) is 77.2 Å². The van der Waals surface area contributed by atoms with Gasteiger partial charge in [0.2, 0.25) is 5.91 Å². The first-order valence-electron chi connectivity index (χ1n) is 9.87. The van der Waals surface area contributed by atoms with E-state index in [1.807, 2.05) is 11.0 Å². The van der Waals surface area contributed by atoms with Crippen molar-refractivity contribution in [1.82, 2.24) is 30.1 Å². The summed E-state index contributed by atoms with van der Waals surface area (Å²) in [4.78, 5) is 18.8. The second-order valence-electron chi connectivity index (χ2n) is 7.54. The Morgan fingerprint density at radius 3 is 2.93 bits per heavy atom. The SMILES string of the molecule is Cc1cccc(C2c3[nH]c4ccccc4c3CCN2C(=O)CCn2cnnn2)c1. The Morgan fingerprint density at radius 2 is 2.10 bits per heavy atom. The molecule has 5 rings (SSSR count). The van der Waals surface area contributed by atoms with Gasteiger partial charge in [0.05, 0.1) is 12.6 Å². The topological polar surface area (TPSA) is 79.7 Å². The lowest BCUT2D eigenvalue weighted by Gasteiger charge is -2.36. The van der Waals surface area contributed by atoms with E-state index in [9.17, 15) is 4.79 Å². The van der Waals surface area contributed by atoms with Crippen molar-refractivity contribution < 1.29 is 4.79 Å². The zero-order chi connectivity index (χ0) is 19.8. The number of benzene rings is 2. The highest BCUT2D eigenvalue weighted by Gasteiger charge is 2.34. The average molecular weight is 386 g/mol. The van der Waals surface area contributed by atoms with Gasteiger partial charge in [-0.25, -0.2) is 4.68 Å². The maximum Gasteiger partial charge on any atom is 0.225 e. The maximum atomic E-state index is 13.2. The van der Waals surface area contributed by atoms with Crippen LogP contribution >= 0.6 is 0 Å². The third kappa shape index (κ3) is 3.18. The van der Waals surface area contributed by atoms with Gasteiger partial charge in [0.25, 0.3) is 0 Å². The number of nitrogens with one attached hydrogen (secondary N) is 1. The van der Waals surface area contributed by atoms with Crippen molar-refractivity contribution >= 4 is 16.8 Å². The Morgan fingerprint density at radius 1 is 1.21 bits per heavy atom. The normalized spacial score (nSPS) is 16.2. The quantitative estimate of drug-likeness (QED) is 0.585. The van der Waals surface area contributed by atoms with Crippen molar-refractivity contribution in [2.45, 2.75) is 32.4 Å². The largest absolute Gasteiger partial charge is 0.356 e. The fraction of sp³-hybridized carbons (Fsp3) is 0.273. The molecule has 0 saturated heterocycles. The van der Waals surface area contributed by atoms with E-state index >= 15 is 0 Å². The molecule has 0 bridgehead atoms. The van der Waals surface area contributed by atoms with Crippen LogP contribution < -0.4 is 0 Å². The highest BCUT2D eigenvalue weighted by atomic mass is 16.2. The van der Waals surface area contributed by atoms with Crippen LogP contribution in [0.2, 0.25) is 0 Å². The third-order valence-corrected chi connectivity index (χ3v) is 5.66. The predicted octanol–water partition coefficient (Wildman–Crippen LogP) is 3.03. The summed E-state index contributed by atoms with van der Waals surface area (Å²) in [6.45, 7) is 3.26. The van der Waals surface area contributed by atoms with Crippen LogP contribution in [0.25, 0.3) is 10.9 Å². The fourth-order valence-electron chi connectivity index (χ4n) is 4.33. The van der Waals surface area contributed by atoms with Gasteiger partial charge in [-0.05, 0) is 41.0 Å². The van der Waals surface area contributed by atoms with E-state index in [2.05, 4.69) is 69.9 Å². The molecular formula is C22H22N6O. The number of aromatic amines is 1. The van der Waals surface area contributed by atoms with Crippen molar-refractivity contribution in [3.8, 4) is 0 Å². The number of rotatable bonds is 4. The molecule has 1 amide bonds. The molecule has 29 heavy (non-hydrogen) atoms. The standard InChI is InChI=1S/C22H22N6O/c1-15-5-4-6-16(13-15)22-21-18(17-7-2-3-8-19(17)24-21)9-12-28(22)20(29)10-11-27-14-23-25-26-27/h2-8,13-14,22,24H,9-12H2,1H3. The minimum atomic E-state index is -0.118. The van der Waals surface area contributed by atoms with Gasteiger partial charge in [-0.2, -0.15) is 0 Å². The van der Waals surface area contributed by atoms with E-state index in [1.54, 1.807) is 4.68 Å². The van der Waals surface area contributed by atoms with E-state index in [1.165, 1.54) is 22.8 Å². The first kappa shape index (κ1) is 17.6. The summed E-state index contributed by atoms with van der Waals surface area (Å²) in [5.74, 6) is 0.108. The summed E-state index contributed by atoms with van der Waals surface area (Å²) in [7, 11) is 0. The summed E-state index contributed by atoms with van der Waals surface area (Å²) < 4.78 is 1.60. The van der Waals surface area contributed by atoms with E-state index in [4.69, 9.17) is 0 Å². The lowest BCUT2D eigenvalue weighted by atomic mass is 9.91. The Balaban J connectivity index is 1.54. The average Bonchev–Trinajstić information content (AvgIpc) is 3.38. The molecule has 4 aromatic rings. The molecule has 1 N–H and O–H groups in total. The number of aromatic nitrogens is 5. The highest BCUT2D eigenvalue weighted by molar-refractivity contribution is 5.86. The molecule has 1 atom stereocenters. The molecule has 146 valence electrons. The number of fused-ring (bicyclic) bond motifs is 3. The van der Waals surface area contributed by atoms with Crippen molar-refractivity contribution in [2.24, 2.45) is 0 Å². The molecule has 1 aliphatic rings. The molecule has 1 unspecified atom stereocenters. The molecule has 2 aromatic carbocycles. The molecule has 3 heterocycles. The second kappa shape index (κ2) is 7.16. The maximum absolute atomic E-state index is 13.2. The molecule has 0 fully saturated rings. The molecule has 2 aromatic heterocycles. The van der Waals surface area contributed by atoms with Gasteiger partial charge in [-0.1, -0.05) is 48.0 Å². The van der Waals surface area contributed by atoms with E-state index in [0.717, 1.165) is 23.2 Å². The first-order valence-corrected chi connectivity index (χ1v) is 9.87. The number of carbonyl (C=O) groups is 1. The summed E-state index contributed by atoms with van der Waals surface area (Å²) in [6.07, 6.45) is 2.75. The molecule has 0 aliphatic carbocycles. The molecule has 0 spiro atoms. The molecule has 7 nitrogen and oxygen atoms in total. The van der Waals surface area contributed by atoms with Gasteiger partial charge >= 0.3 is 0 Å². The molecular weight excluding hydrogens is 364 g/mol. The monoisotopic (exact) mass is 386 g/mol. The van der Waals surface area contributed by atoms with Crippen LogP contribution in [0.15, 0.2) is 54.9 Å². The number of hydrogen-bond acceptors (Lipinski definition) is 4. The van der Waals surface area contributed by atoms with E-state index in [0.29, 0.717) is 19.5 Å². The number of aryl methyl sites for hydroxylation is 2. The Labute approximate surface area is 168 Å². The summed E-state index contributed by atoms with van der Waals surface area (Å²) >= 11 is 0. The lowest BCUT2D eigenvalue weighted by molar-refractivity contribution is -0.133. The number of carbonyl (C=O) groups excluding carboxylic acids is 1. The van der Waals surface area contributed by atoms with Gasteiger partial charge < -0.3 is 9.88 Å². The van der Waals surface area contributed by atoms with Crippen LogP contribution in [0.1, 0.15) is 34.8 Å². The lowest BCUT2D eigenvalue weighted by Crippen LogP contribution is -2.41. The minimum absolute atomic E-state index is 0.108. The van der Waals surface area contributed by atoms with Crippen LogP contribution in [0.5, 0.6) is 0 Å². The summed E-state index contributed by atoms with van der Waals surface area (Å²) in [6, 6.07) is 16.7. The Kier molecular flexibility index (Phi) is 4.35. The van der Waals surface area contributed by atoms with E-state index < -0.39 is 0 Å². The number of hydrogen-bond donors (Lipinski definition) is 1. The molecule has 0 saturated carbocycles. The zero-order valence-corrected chi connectivity index (χ0v) is 16.2. The van der Waals surface area contributed by atoms with E-state index in [-0.39, 0.29) is 11.9 Å². The number of para-hydroxylation sites is 1. The number of tetrazole rings is 1. The predicted molar refractivity (Wildman–Crippen MR) is 109 cm³/mol.